The maximum Gasteiger partial charge on any atom is 0.288 e. The zero-order chi connectivity index (χ0) is 22.9. The Morgan fingerprint density at radius 3 is 2.70 bits per heavy atom. The number of fused-ring (bicyclic) bond motifs is 2. The van der Waals surface area contributed by atoms with Gasteiger partial charge in [-0.25, -0.2) is 4.98 Å². The second kappa shape index (κ2) is 9.00. The molecule has 0 saturated carbocycles. The van der Waals surface area contributed by atoms with E-state index in [1.54, 1.807) is 0 Å². The Labute approximate surface area is 200 Å². The standard InChI is InChI=1S/C25H20ClN3O3S/c26-19-7-3-1-5-15(19)13-16-9-10-18-22(17-6-2-4-8-20(17)28-23(16)18)24(31)27-11-12-29-21(30)14-33-25(29)32/h1-8,13H,9-12,14H2,(H,27,31). The molecular weight excluding hydrogens is 458 g/mol. The van der Waals surface area contributed by atoms with E-state index in [0.717, 1.165) is 51.5 Å². The summed E-state index contributed by atoms with van der Waals surface area (Å²) in [6, 6.07) is 15.2. The van der Waals surface area contributed by atoms with E-state index in [2.05, 4.69) is 5.32 Å². The normalized spacial score (nSPS) is 16.6. The van der Waals surface area contributed by atoms with Gasteiger partial charge in [0.15, 0.2) is 0 Å². The summed E-state index contributed by atoms with van der Waals surface area (Å²) >= 11 is 7.35. The highest BCUT2D eigenvalue weighted by Gasteiger charge is 2.30. The molecule has 33 heavy (non-hydrogen) atoms. The molecule has 3 amide bonds. The van der Waals surface area contributed by atoms with E-state index in [-0.39, 0.29) is 35.9 Å². The van der Waals surface area contributed by atoms with Crippen LogP contribution < -0.4 is 5.32 Å². The van der Waals surface area contributed by atoms with E-state index < -0.39 is 0 Å². The molecule has 3 aromatic rings. The number of imide groups is 1. The number of carbonyl (C=O) groups excluding carboxylic acids is 3. The van der Waals surface area contributed by atoms with Crippen LogP contribution in [-0.2, 0) is 11.2 Å². The van der Waals surface area contributed by atoms with Gasteiger partial charge in [0.2, 0.25) is 5.91 Å². The first-order chi connectivity index (χ1) is 16.0. The van der Waals surface area contributed by atoms with Crippen LogP contribution in [-0.4, -0.2) is 45.8 Å². The fourth-order valence-corrected chi connectivity index (χ4v) is 5.23. The third-order valence-electron chi connectivity index (χ3n) is 5.87. The van der Waals surface area contributed by atoms with Crippen LogP contribution in [0, 0.1) is 0 Å². The first-order valence-corrected chi connectivity index (χ1v) is 12.0. The molecule has 5 rings (SSSR count). The average Bonchev–Trinajstić information content (AvgIpc) is 3.36. The minimum absolute atomic E-state index is 0.163. The van der Waals surface area contributed by atoms with Crippen LogP contribution in [0.4, 0.5) is 4.79 Å². The van der Waals surface area contributed by atoms with Gasteiger partial charge < -0.3 is 5.32 Å². The molecular formula is C25H20ClN3O3S. The number of aromatic nitrogens is 1. The van der Waals surface area contributed by atoms with Crippen molar-refractivity contribution in [3.05, 3.63) is 75.9 Å². The SMILES string of the molecule is O=C(NCCN1C(=O)CSC1=O)c1c2c(nc3ccccc13)C(=Cc1ccccc1Cl)CC2. The second-order valence-electron chi connectivity index (χ2n) is 7.88. The van der Waals surface area contributed by atoms with Crippen LogP contribution >= 0.6 is 23.4 Å². The lowest BCUT2D eigenvalue weighted by atomic mass is 10.00. The molecule has 8 heteroatoms. The first-order valence-electron chi connectivity index (χ1n) is 10.7. The van der Waals surface area contributed by atoms with E-state index in [4.69, 9.17) is 16.6 Å². The van der Waals surface area contributed by atoms with Crippen LogP contribution in [0.15, 0.2) is 48.5 Å². The molecule has 1 aliphatic heterocycles. The van der Waals surface area contributed by atoms with Gasteiger partial charge in [0.1, 0.15) is 0 Å². The number of benzene rings is 2. The van der Waals surface area contributed by atoms with E-state index in [1.165, 1.54) is 4.90 Å². The summed E-state index contributed by atoms with van der Waals surface area (Å²) < 4.78 is 0. The van der Waals surface area contributed by atoms with Gasteiger partial charge in [0, 0.05) is 23.5 Å². The Hall–Kier alpha value is -3.16. The predicted octanol–water partition coefficient (Wildman–Crippen LogP) is 4.80. The Bertz CT molecular complexity index is 1320. The van der Waals surface area contributed by atoms with Crippen molar-refractivity contribution in [2.24, 2.45) is 0 Å². The summed E-state index contributed by atoms with van der Waals surface area (Å²) in [7, 11) is 0. The van der Waals surface area contributed by atoms with Gasteiger partial charge in [-0.1, -0.05) is 59.8 Å². The molecule has 2 aliphatic rings. The van der Waals surface area contributed by atoms with Crippen molar-refractivity contribution in [1.29, 1.82) is 0 Å². The van der Waals surface area contributed by atoms with Gasteiger partial charge in [-0.2, -0.15) is 0 Å². The maximum absolute atomic E-state index is 13.3. The van der Waals surface area contributed by atoms with Crippen molar-refractivity contribution < 1.29 is 14.4 Å². The van der Waals surface area contributed by atoms with Crippen LogP contribution in [0.3, 0.4) is 0 Å². The van der Waals surface area contributed by atoms with Crippen LogP contribution in [0.25, 0.3) is 22.6 Å². The molecule has 0 radical (unpaired) electrons. The van der Waals surface area contributed by atoms with Crippen molar-refractivity contribution in [3.63, 3.8) is 0 Å². The molecule has 1 aliphatic carbocycles. The van der Waals surface area contributed by atoms with Crippen molar-refractivity contribution >= 4 is 63.0 Å². The molecule has 166 valence electrons. The third-order valence-corrected chi connectivity index (χ3v) is 7.07. The number of hydrogen-bond acceptors (Lipinski definition) is 5. The van der Waals surface area contributed by atoms with Crippen molar-refractivity contribution in [2.75, 3.05) is 18.8 Å². The summed E-state index contributed by atoms with van der Waals surface area (Å²) in [6.07, 6.45) is 3.50. The van der Waals surface area contributed by atoms with Crippen molar-refractivity contribution in [3.8, 4) is 0 Å². The van der Waals surface area contributed by atoms with Crippen molar-refractivity contribution in [1.82, 2.24) is 15.2 Å². The number of hydrogen-bond donors (Lipinski definition) is 1. The molecule has 2 heterocycles. The summed E-state index contributed by atoms with van der Waals surface area (Å²) in [5.74, 6) is -0.282. The third kappa shape index (κ3) is 4.14. The van der Waals surface area contributed by atoms with E-state index in [9.17, 15) is 14.4 Å². The highest BCUT2D eigenvalue weighted by atomic mass is 35.5. The minimum atomic E-state index is -0.265. The lowest BCUT2D eigenvalue weighted by Gasteiger charge is -2.15. The fourth-order valence-electron chi connectivity index (χ4n) is 4.29. The predicted molar refractivity (Wildman–Crippen MR) is 131 cm³/mol. The quantitative estimate of drug-likeness (QED) is 0.571. The van der Waals surface area contributed by atoms with Crippen LogP contribution in [0.2, 0.25) is 5.02 Å². The van der Waals surface area contributed by atoms with Gasteiger partial charge in [-0.3, -0.25) is 19.3 Å². The number of thioether (sulfide) groups is 1. The second-order valence-corrected chi connectivity index (χ2v) is 9.21. The zero-order valence-electron chi connectivity index (χ0n) is 17.6. The van der Waals surface area contributed by atoms with Gasteiger partial charge in [0.05, 0.1) is 22.5 Å². The van der Waals surface area contributed by atoms with E-state index in [1.807, 2.05) is 54.6 Å². The molecule has 1 N–H and O–H groups in total. The molecule has 0 bridgehead atoms. The largest absolute Gasteiger partial charge is 0.350 e. The van der Waals surface area contributed by atoms with Gasteiger partial charge in [-0.15, -0.1) is 0 Å². The average molecular weight is 478 g/mol. The molecule has 6 nitrogen and oxygen atoms in total. The Morgan fingerprint density at radius 1 is 1.12 bits per heavy atom. The van der Waals surface area contributed by atoms with Crippen LogP contribution in [0.1, 0.15) is 33.6 Å². The van der Waals surface area contributed by atoms with Crippen molar-refractivity contribution in [2.45, 2.75) is 12.8 Å². The molecule has 0 spiro atoms. The lowest BCUT2D eigenvalue weighted by Crippen LogP contribution is -2.37. The molecule has 0 unspecified atom stereocenters. The van der Waals surface area contributed by atoms with E-state index in [0.29, 0.717) is 17.0 Å². The van der Waals surface area contributed by atoms with Gasteiger partial charge in [-0.05, 0) is 47.8 Å². The number of halogens is 1. The topological polar surface area (TPSA) is 79.4 Å². The maximum atomic E-state index is 13.3. The Morgan fingerprint density at radius 2 is 1.91 bits per heavy atom. The Kier molecular flexibility index (Phi) is 5.91. The molecule has 1 fully saturated rings. The zero-order valence-corrected chi connectivity index (χ0v) is 19.2. The highest BCUT2D eigenvalue weighted by Crippen LogP contribution is 2.38. The molecule has 0 atom stereocenters. The number of amides is 3. The van der Waals surface area contributed by atoms with Gasteiger partial charge >= 0.3 is 0 Å². The summed E-state index contributed by atoms with van der Waals surface area (Å²) in [5, 5.41) is 4.09. The monoisotopic (exact) mass is 477 g/mol. The van der Waals surface area contributed by atoms with Crippen LogP contribution in [0.5, 0.6) is 0 Å². The minimum Gasteiger partial charge on any atom is -0.350 e. The highest BCUT2D eigenvalue weighted by molar-refractivity contribution is 8.14. The first kappa shape index (κ1) is 21.7. The number of para-hydroxylation sites is 1. The number of nitrogens with zero attached hydrogens (tertiary/aromatic N) is 2. The molecule has 1 saturated heterocycles. The number of rotatable bonds is 5. The Balaban J connectivity index is 1.48. The summed E-state index contributed by atoms with van der Waals surface area (Å²) in [6.45, 7) is 0.365. The number of pyridine rings is 1. The lowest BCUT2D eigenvalue weighted by molar-refractivity contribution is -0.124. The number of carbonyl (C=O) groups is 3. The molecule has 2 aromatic carbocycles. The van der Waals surface area contributed by atoms with Gasteiger partial charge in [0.25, 0.3) is 11.1 Å². The molecule has 1 aromatic heterocycles. The van der Waals surface area contributed by atoms with E-state index >= 15 is 0 Å². The summed E-state index contributed by atoms with van der Waals surface area (Å²) in [5.41, 5.74) is 5.04. The fraction of sp³-hybridized carbons (Fsp3) is 0.200. The number of allylic oxidation sites excluding steroid dienone is 1. The summed E-state index contributed by atoms with van der Waals surface area (Å²) in [4.78, 5) is 43.0. The number of nitrogens with one attached hydrogen (secondary N) is 1. The smallest absolute Gasteiger partial charge is 0.288 e.